The molecule has 0 saturated carbocycles. The van der Waals surface area contributed by atoms with Crippen LogP contribution in [0.15, 0.2) is 47.8 Å². The van der Waals surface area contributed by atoms with E-state index in [2.05, 4.69) is 34.2 Å². The number of aryl methyl sites for hydroxylation is 2. The highest BCUT2D eigenvalue weighted by atomic mass is 32.2. The van der Waals surface area contributed by atoms with Crippen molar-refractivity contribution in [1.29, 1.82) is 0 Å². The highest BCUT2D eigenvalue weighted by Crippen LogP contribution is 2.25. The van der Waals surface area contributed by atoms with Crippen molar-refractivity contribution in [3.63, 3.8) is 0 Å². The smallest absolute Gasteiger partial charge is 0.258 e. The van der Waals surface area contributed by atoms with Gasteiger partial charge in [-0.2, -0.15) is 5.10 Å². The maximum absolute atomic E-state index is 12.6. The Morgan fingerprint density at radius 2 is 2.00 bits per heavy atom. The van der Waals surface area contributed by atoms with Crippen LogP contribution < -0.4 is 5.32 Å². The second-order valence-electron chi connectivity index (χ2n) is 6.22. The highest BCUT2D eigenvalue weighted by molar-refractivity contribution is 7.99. The Hall–Kier alpha value is -2.67. The topological polar surface area (TPSA) is 72.7 Å². The van der Waals surface area contributed by atoms with Crippen LogP contribution in [0, 0.1) is 13.8 Å². The first-order chi connectivity index (χ1) is 12.4. The number of hydrogen-bond donors (Lipinski definition) is 1. The molecule has 0 bridgehead atoms. The van der Waals surface area contributed by atoms with Crippen molar-refractivity contribution < 1.29 is 4.79 Å². The first kappa shape index (κ1) is 18.1. The van der Waals surface area contributed by atoms with E-state index in [0.717, 1.165) is 16.4 Å². The average molecular weight is 367 g/mol. The summed E-state index contributed by atoms with van der Waals surface area (Å²) in [6.07, 6.45) is 3.33. The van der Waals surface area contributed by atoms with E-state index in [1.54, 1.807) is 41.0 Å². The molecule has 3 aromatic rings. The van der Waals surface area contributed by atoms with Gasteiger partial charge >= 0.3 is 0 Å². The molecule has 3 aromatic heterocycles. The Morgan fingerprint density at radius 3 is 2.62 bits per heavy atom. The van der Waals surface area contributed by atoms with Crippen LogP contribution in [0.4, 0.5) is 5.69 Å². The molecule has 0 aliphatic carbocycles. The normalized spacial score (nSPS) is 11.0. The number of rotatable bonds is 5. The van der Waals surface area contributed by atoms with E-state index in [4.69, 9.17) is 0 Å². The minimum absolute atomic E-state index is 0.193. The summed E-state index contributed by atoms with van der Waals surface area (Å²) in [5, 5.41) is 8.37. The molecule has 134 valence electrons. The summed E-state index contributed by atoms with van der Waals surface area (Å²) in [5.41, 5.74) is 3.14. The minimum Gasteiger partial charge on any atom is -0.321 e. The van der Waals surface area contributed by atoms with Gasteiger partial charge in [-0.15, -0.1) is 11.8 Å². The number of thioether (sulfide) groups is 1. The summed E-state index contributed by atoms with van der Waals surface area (Å²) >= 11 is 1.57. The van der Waals surface area contributed by atoms with Crippen LogP contribution >= 0.6 is 11.8 Å². The van der Waals surface area contributed by atoms with Crippen LogP contribution in [0.5, 0.6) is 0 Å². The zero-order valence-electron chi connectivity index (χ0n) is 15.2. The fourth-order valence-electron chi connectivity index (χ4n) is 2.53. The summed E-state index contributed by atoms with van der Waals surface area (Å²) in [6.45, 7) is 8.07. The second kappa shape index (κ2) is 7.70. The number of amides is 1. The third-order valence-corrected chi connectivity index (χ3v) is 4.62. The van der Waals surface area contributed by atoms with Crippen molar-refractivity contribution in [3.05, 3.63) is 59.7 Å². The molecule has 0 atom stereocenters. The number of nitrogens with zero attached hydrogens (tertiary/aromatic N) is 4. The van der Waals surface area contributed by atoms with Crippen molar-refractivity contribution in [2.24, 2.45) is 0 Å². The van der Waals surface area contributed by atoms with Gasteiger partial charge in [0.1, 0.15) is 5.03 Å². The van der Waals surface area contributed by atoms with Crippen LogP contribution in [0.2, 0.25) is 0 Å². The highest BCUT2D eigenvalue weighted by Gasteiger charge is 2.14. The quantitative estimate of drug-likeness (QED) is 0.689. The predicted octanol–water partition coefficient (Wildman–Crippen LogP) is 4.03. The molecule has 6 nitrogen and oxygen atoms in total. The van der Waals surface area contributed by atoms with Gasteiger partial charge in [-0.05, 0) is 44.2 Å². The maximum Gasteiger partial charge on any atom is 0.258 e. The predicted molar refractivity (Wildman–Crippen MR) is 104 cm³/mol. The molecule has 0 saturated heterocycles. The van der Waals surface area contributed by atoms with Gasteiger partial charge in [0, 0.05) is 17.1 Å². The molecule has 3 heterocycles. The van der Waals surface area contributed by atoms with E-state index in [1.165, 1.54) is 0 Å². The molecule has 0 fully saturated rings. The molecule has 0 aliphatic heterocycles. The molecule has 1 amide bonds. The van der Waals surface area contributed by atoms with E-state index >= 15 is 0 Å². The number of nitrogens with one attached hydrogen (secondary N) is 1. The van der Waals surface area contributed by atoms with E-state index < -0.39 is 0 Å². The first-order valence-electron chi connectivity index (χ1n) is 8.37. The summed E-state index contributed by atoms with van der Waals surface area (Å²) in [7, 11) is 0. The minimum atomic E-state index is -0.193. The van der Waals surface area contributed by atoms with Crippen molar-refractivity contribution in [1.82, 2.24) is 19.7 Å². The fourth-order valence-corrected chi connectivity index (χ4v) is 3.38. The molecular formula is C19H21N5OS. The van der Waals surface area contributed by atoms with Gasteiger partial charge in [0.2, 0.25) is 0 Å². The fraction of sp³-hybridized carbons (Fsp3) is 0.263. The standard InChI is InChI=1S/C19H21N5OS/c1-12(2)26-19-16(6-5-9-20-19)18(25)22-15-7-8-17(21-11-15)24-14(4)10-13(3)23-24/h5-12H,1-4H3,(H,22,25). The number of carbonyl (C=O) groups is 1. The lowest BCUT2D eigenvalue weighted by molar-refractivity contribution is 0.102. The number of carbonyl (C=O) groups excluding carboxylic acids is 1. The van der Waals surface area contributed by atoms with Gasteiger partial charge in [-0.1, -0.05) is 13.8 Å². The molecule has 0 aromatic carbocycles. The van der Waals surface area contributed by atoms with Gasteiger partial charge in [0.15, 0.2) is 5.82 Å². The first-order valence-corrected chi connectivity index (χ1v) is 9.24. The van der Waals surface area contributed by atoms with Gasteiger partial charge in [0.25, 0.3) is 5.91 Å². The summed E-state index contributed by atoms with van der Waals surface area (Å²) in [6, 6.07) is 9.20. The maximum atomic E-state index is 12.6. The third kappa shape index (κ3) is 4.11. The van der Waals surface area contributed by atoms with Crippen molar-refractivity contribution in [2.45, 2.75) is 38.0 Å². The van der Waals surface area contributed by atoms with Crippen LogP contribution in [0.25, 0.3) is 5.82 Å². The SMILES string of the molecule is Cc1cc(C)n(-c2ccc(NC(=O)c3cccnc3SC(C)C)cn2)n1. The molecule has 3 rings (SSSR count). The lowest BCUT2D eigenvalue weighted by atomic mass is 10.2. The Balaban J connectivity index is 1.77. The molecule has 0 spiro atoms. The van der Waals surface area contributed by atoms with E-state index in [1.807, 2.05) is 32.0 Å². The van der Waals surface area contributed by atoms with Gasteiger partial charge in [-0.3, -0.25) is 4.79 Å². The molecule has 1 N–H and O–H groups in total. The van der Waals surface area contributed by atoms with Crippen molar-refractivity contribution >= 4 is 23.4 Å². The Labute approximate surface area is 157 Å². The van der Waals surface area contributed by atoms with Gasteiger partial charge < -0.3 is 5.32 Å². The van der Waals surface area contributed by atoms with E-state index in [-0.39, 0.29) is 5.91 Å². The zero-order valence-corrected chi connectivity index (χ0v) is 16.0. The molecule has 0 aliphatic rings. The van der Waals surface area contributed by atoms with Crippen LogP contribution in [-0.4, -0.2) is 30.9 Å². The summed E-state index contributed by atoms with van der Waals surface area (Å²) in [5.74, 6) is 0.521. The van der Waals surface area contributed by atoms with E-state index in [9.17, 15) is 4.79 Å². The number of hydrogen-bond acceptors (Lipinski definition) is 5. The lowest BCUT2D eigenvalue weighted by Crippen LogP contribution is -2.14. The lowest BCUT2D eigenvalue weighted by Gasteiger charge is -2.11. The van der Waals surface area contributed by atoms with Crippen molar-refractivity contribution in [3.8, 4) is 5.82 Å². The third-order valence-electron chi connectivity index (χ3n) is 3.60. The van der Waals surface area contributed by atoms with Crippen molar-refractivity contribution in [2.75, 3.05) is 5.32 Å². The Kier molecular flexibility index (Phi) is 5.37. The molecule has 0 unspecified atom stereocenters. The number of aromatic nitrogens is 4. The van der Waals surface area contributed by atoms with Gasteiger partial charge in [-0.25, -0.2) is 14.6 Å². The molecular weight excluding hydrogens is 346 g/mol. The number of anilines is 1. The van der Waals surface area contributed by atoms with E-state index in [0.29, 0.717) is 22.3 Å². The molecule has 26 heavy (non-hydrogen) atoms. The number of pyridine rings is 2. The van der Waals surface area contributed by atoms with Gasteiger partial charge in [0.05, 0.1) is 23.1 Å². The Morgan fingerprint density at radius 1 is 1.19 bits per heavy atom. The second-order valence-corrected chi connectivity index (χ2v) is 7.79. The molecule has 0 radical (unpaired) electrons. The summed E-state index contributed by atoms with van der Waals surface area (Å²) < 4.78 is 1.78. The monoisotopic (exact) mass is 367 g/mol. The average Bonchev–Trinajstić information content (AvgIpc) is 2.94. The largest absolute Gasteiger partial charge is 0.321 e. The van der Waals surface area contributed by atoms with Crippen LogP contribution in [0.1, 0.15) is 35.6 Å². The Bertz CT molecular complexity index is 918. The zero-order chi connectivity index (χ0) is 18.7. The molecule has 7 heteroatoms. The van der Waals surface area contributed by atoms with Crippen LogP contribution in [-0.2, 0) is 0 Å². The summed E-state index contributed by atoms with van der Waals surface area (Å²) in [4.78, 5) is 21.3. The van der Waals surface area contributed by atoms with Crippen LogP contribution in [0.3, 0.4) is 0 Å².